The fourth-order valence-electron chi connectivity index (χ4n) is 3.07. The molecule has 2 aromatic heterocycles. The van der Waals surface area contributed by atoms with E-state index in [4.69, 9.17) is 11.6 Å². The van der Waals surface area contributed by atoms with Crippen molar-refractivity contribution in [3.63, 3.8) is 0 Å². The molecule has 0 radical (unpaired) electrons. The molecule has 142 valence electrons. The van der Waals surface area contributed by atoms with Crippen LogP contribution in [-0.2, 0) is 20.0 Å². The molecule has 10 heteroatoms. The van der Waals surface area contributed by atoms with Crippen LogP contribution in [0.4, 0.5) is 0 Å². The minimum atomic E-state index is -0.421. The quantitative estimate of drug-likeness (QED) is 0.604. The second-order valence-electron chi connectivity index (χ2n) is 6.03. The summed E-state index contributed by atoms with van der Waals surface area (Å²) in [4.78, 5) is 47.3. The number of nitrogens with one attached hydrogen (secondary N) is 1. The van der Waals surface area contributed by atoms with Crippen LogP contribution in [0, 0.1) is 0 Å². The Morgan fingerprint density at radius 2 is 2.11 bits per heavy atom. The van der Waals surface area contributed by atoms with Crippen molar-refractivity contribution >= 4 is 35.2 Å². The first-order chi connectivity index (χ1) is 12.9. The van der Waals surface area contributed by atoms with E-state index in [-0.39, 0.29) is 34.3 Å². The minimum absolute atomic E-state index is 0.134. The van der Waals surface area contributed by atoms with Crippen LogP contribution >= 0.6 is 23.4 Å². The van der Waals surface area contributed by atoms with E-state index in [9.17, 15) is 14.4 Å². The molecule has 1 aliphatic heterocycles. The molecular weight excluding hydrogens is 390 g/mol. The molecule has 0 bridgehead atoms. The van der Waals surface area contributed by atoms with Gasteiger partial charge in [-0.25, -0.2) is 9.97 Å². The zero-order valence-corrected chi connectivity index (χ0v) is 16.6. The van der Waals surface area contributed by atoms with Gasteiger partial charge in [0.1, 0.15) is 5.56 Å². The van der Waals surface area contributed by atoms with Gasteiger partial charge in [0.2, 0.25) is 0 Å². The lowest BCUT2D eigenvalue weighted by Gasteiger charge is -2.30. The summed E-state index contributed by atoms with van der Waals surface area (Å²) in [6, 6.07) is 0. The van der Waals surface area contributed by atoms with Gasteiger partial charge >= 0.3 is 0 Å². The van der Waals surface area contributed by atoms with Gasteiger partial charge in [-0.3, -0.25) is 14.4 Å². The van der Waals surface area contributed by atoms with Crippen LogP contribution in [0.1, 0.15) is 32.0 Å². The molecule has 0 saturated heterocycles. The molecule has 2 aromatic rings. The summed E-state index contributed by atoms with van der Waals surface area (Å²) in [7, 11) is 3.07. The van der Waals surface area contributed by atoms with Crippen LogP contribution in [0.25, 0.3) is 0 Å². The average Bonchev–Trinajstić information content (AvgIpc) is 2.68. The van der Waals surface area contributed by atoms with E-state index in [1.165, 1.54) is 29.6 Å². The van der Waals surface area contributed by atoms with Crippen molar-refractivity contribution in [1.29, 1.82) is 0 Å². The Bertz CT molecular complexity index is 991. The molecule has 0 aromatic carbocycles. The van der Waals surface area contributed by atoms with Crippen LogP contribution in [0.2, 0.25) is 5.02 Å². The first-order valence-electron chi connectivity index (χ1n) is 8.16. The number of aromatic nitrogens is 3. The van der Waals surface area contributed by atoms with Crippen molar-refractivity contribution in [1.82, 2.24) is 24.8 Å². The Morgan fingerprint density at radius 3 is 2.78 bits per heavy atom. The SMILES string of the molecule is CNC(=O)c1c2c(cn(C)c1=O)CN(C(=O)c1nc(SC)ncc1Cl)CC2. The fourth-order valence-corrected chi connectivity index (χ4v) is 3.58. The molecular formula is C17H18ClN5O3S. The third kappa shape index (κ3) is 3.57. The molecule has 3 heterocycles. The predicted molar refractivity (Wildman–Crippen MR) is 102 cm³/mol. The van der Waals surface area contributed by atoms with Crippen LogP contribution in [0.5, 0.6) is 0 Å². The number of rotatable bonds is 3. The Labute approximate surface area is 164 Å². The molecule has 27 heavy (non-hydrogen) atoms. The van der Waals surface area contributed by atoms with Crippen LogP contribution in [0.15, 0.2) is 22.3 Å². The normalized spacial score (nSPS) is 13.3. The molecule has 1 N–H and O–H groups in total. The van der Waals surface area contributed by atoms with E-state index < -0.39 is 5.91 Å². The molecule has 3 rings (SSSR count). The molecule has 0 fully saturated rings. The van der Waals surface area contributed by atoms with Gasteiger partial charge in [-0.05, 0) is 23.8 Å². The maximum absolute atomic E-state index is 12.9. The summed E-state index contributed by atoms with van der Waals surface area (Å²) in [5.74, 6) is -0.727. The molecule has 0 aliphatic carbocycles. The van der Waals surface area contributed by atoms with Gasteiger partial charge in [0.25, 0.3) is 17.4 Å². The Balaban J connectivity index is 1.98. The third-order valence-corrected chi connectivity index (χ3v) is 5.25. The summed E-state index contributed by atoms with van der Waals surface area (Å²) in [6.45, 7) is 0.624. The Kier molecular flexibility index (Phi) is 5.52. The van der Waals surface area contributed by atoms with Gasteiger partial charge in [0.05, 0.1) is 11.2 Å². The van der Waals surface area contributed by atoms with E-state index in [0.29, 0.717) is 23.7 Å². The van der Waals surface area contributed by atoms with Gasteiger partial charge < -0.3 is 14.8 Å². The maximum Gasteiger partial charge on any atom is 0.274 e. The first kappa shape index (κ1) is 19.4. The number of aryl methyl sites for hydroxylation is 1. The van der Waals surface area contributed by atoms with Crippen LogP contribution in [-0.4, -0.2) is 51.1 Å². The van der Waals surface area contributed by atoms with Gasteiger partial charge in [-0.2, -0.15) is 0 Å². The van der Waals surface area contributed by atoms with Crippen LogP contribution < -0.4 is 10.9 Å². The highest BCUT2D eigenvalue weighted by atomic mass is 35.5. The number of carbonyl (C=O) groups is 2. The summed E-state index contributed by atoms with van der Waals surface area (Å²) in [5.41, 5.74) is 1.37. The van der Waals surface area contributed by atoms with Gasteiger partial charge in [-0.1, -0.05) is 23.4 Å². The third-order valence-electron chi connectivity index (χ3n) is 4.41. The first-order valence-corrected chi connectivity index (χ1v) is 9.76. The standard InChI is InChI=1S/C17H18ClN5O3S/c1-19-14(24)12-10-4-5-23(8-9(10)7-22(2)15(12)25)16(26)13-11(18)6-20-17(21-13)27-3/h6-7H,4-5,8H2,1-3H3,(H,19,24). The fraction of sp³-hybridized carbons (Fsp3) is 0.353. The van der Waals surface area contributed by atoms with E-state index in [1.54, 1.807) is 18.1 Å². The summed E-state index contributed by atoms with van der Waals surface area (Å²) >= 11 is 7.44. The van der Waals surface area contributed by atoms with E-state index >= 15 is 0 Å². The molecule has 8 nitrogen and oxygen atoms in total. The maximum atomic E-state index is 12.9. The monoisotopic (exact) mass is 407 g/mol. The second kappa shape index (κ2) is 7.69. The Hall–Kier alpha value is -2.39. The van der Waals surface area contributed by atoms with Crippen molar-refractivity contribution in [3.8, 4) is 0 Å². The number of hydrogen-bond donors (Lipinski definition) is 1. The molecule has 0 atom stereocenters. The lowest BCUT2D eigenvalue weighted by Crippen LogP contribution is -2.41. The zero-order valence-electron chi connectivity index (χ0n) is 15.1. The number of fused-ring (bicyclic) bond motifs is 1. The molecule has 0 unspecified atom stereocenters. The number of amides is 2. The minimum Gasteiger partial charge on any atom is -0.355 e. The lowest BCUT2D eigenvalue weighted by atomic mass is 9.96. The van der Waals surface area contributed by atoms with Gasteiger partial charge in [0.15, 0.2) is 10.9 Å². The van der Waals surface area contributed by atoms with Crippen molar-refractivity contribution in [2.75, 3.05) is 19.8 Å². The topological polar surface area (TPSA) is 97.2 Å². The largest absolute Gasteiger partial charge is 0.355 e. The predicted octanol–water partition coefficient (Wildman–Crippen LogP) is 1.11. The summed E-state index contributed by atoms with van der Waals surface area (Å²) < 4.78 is 1.36. The average molecular weight is 408 g/mol. The van der Waals surface area contributed by atoms with Crippen molar-refractivity contribution < 1.29 is 9.59 Å². The summed E-state index contributed by atoms with van der Waals surface area (Å²) in [6.07, 6.45) is 5.30. The van der Waals surface area contributed by atoms with Gasteiger partial charge in [0, 0.05) is 33.4 Å². The number of nitrogens with zero attached hydrogens (tertiary/aromatic N) is 4. The van der Waals surface area contributed by atoms with Crippen molar-refractivity contribution in [3.05, 3.63) is 50.2 Å². The summed E-state index contributed by atoms with van der Waals surface area (Å²) in [5, 5.41) is 3.16. The van der Waals surface area contributed by atoms with Crippen molar-refractivity contribution in [2.24, 2.45) is 7.05 Å². The molecule has 1 aliphatic rings. The highest BCUT2D eigenvalue weighted by Gasteiger charge is 2.29. The lowest BCUT2D eigenvalue weighted by molar-refractivity contribution is 0.0727. The Morgan fingerprint density at radius 1 is 1.37 bits per heavy atom. The number of thioether (sulfide) groups is 1. The van der Waals surface area contributed by atoms with Crippen molar-refractivity contribution in [2.45, 2.75) is 18.1 Å². The zero-order chi connectivity index (χ0) is 19.7. The molecule has 0 saturated carbocycles. The van der Waals surface area contributed by atoms with E-state index in [0.717, 1.165) is 5.56 Å². The second-order valence-corrected chi connectivity index (χ2v) is 7.21. The number of hydrogen-bond acceptors (Lipinski definition) is 6. The van der Waals surface area contributed by atoms with E-state index in [1.807, 2.05) is 6.26 Å². The highest BCUT2D eigenvalue weighted by molar-refractivity contribution is 7.98. The van der Waals surface area contributed by atoms with Gasteiger partial charge in [-0.15, -0.1) is 0 Å². The highest BCUT2D eigenvalue weighted by Crippen LogP contribution is 2.24. The van der Waals surface area contributed by atoms with Crippen LogP contribution in [0.3, 0.4) is 0 Å². The number of carbonyl (C=O) groups excluding carboxylic acids is 2. The smallest absolute Gasteiger partial charge is 0.274 e. The molecule has 0 spiro atoms. The number of pyridine rings is 1. The van der Waals surface area contributed by atoms with E-state index in [2.05, 4.69) is 15.3 Å². The molecule has 2 amide bonds. The number of halogens is 1.